The fourth-order valence-corrected chi connectivity index (χ4v) is 4.72. The van der Waals surface area contributed by atoms with Gasteiger partial charge in [0.05, 0.1) is 6.04 Å². The molecular formula is C25H24ClN3O2. The van der Waals surface area contributed by atoms with Crippen molar-refractivity contribution in [2.75, 3.05) is 17.7 Å². The van der Waals surface area contributed by atoms with Gasteiger partial charge in [-0.25, -0.2) is 0 Å². The maximum atomic E-state index is 13.5. The van der Waals surface area contributed by atoms with Crippen LogP contribution < -0.4 is 16.0 Å². The van der Waals surface area contributed by atoms with Crippen molar-refractivity contribution in [3.8, 4) is 0 Å². The van der Waals surface area contributed by atoms with Crippen molar-refractivity contribution in [1.82, 2.24) is 5.32 Å². The maximum absolute atomic E-state index is 13.5. The van der Waals surface area contributed by atoms with Gasteiger partial charge in [0.25, 0.3) is 0 Å². The third kappa shape index (κ3) is 3.45. The standard InChI is InChI=1S/C25H23N3O2.ClH/c1-28-20-7-3-2-5-17(20)23(15-9-11-16(26)12-10-15)24-18(6-4-8-21(24)28)25(30)19-13-14-22(29)27-19;/h2-12,19,23H,13-14,26H2,1H3,(H,27,29);1H/t19-,23?;/m0./s1. The van der Waals surface area contributed by atoms with E-state index in [1.54, 1.807) is 0 Å². The lowest BCUT2D eigenvalue weighted by atomic mass is 9.77. The second kappa shape index (κ2) is 8.08. The highest BCUT2D eigenvalue weighted by molar-refractivity contribution is 6.06. The molecule has 2 atom stereocenters. The van der Waals surface area contributed by atoms with Crippen LogP contribution in [0, 0.1) is 0 Å². The summed E-state index contributed by atoms with van der Waals surface area (Å²) >= 11 is 0. The van der Waals surface area contributed by atoms with Crippen LogP contribution >= 0.6 is 12.4 Å². The molecule has 3 aromatic carbocycles. The molecule has 0 aromatic heterocycles. The molecule has 1 saturated heterocycles. The number of fused-ring (bicyclic) bond motifs is 2. The minimum Gasteiger partial charge on any atom is -0.399 e. The Labute approximate surface area is 187 Å². The first kappa shape index (κ1) is 20.9. The number of rotatable bonds is 3. The van der Waals surface area contributed by atoms with Gasteiger partial charge in [-0.05, 0) is 47.4 Å². The number of halogens is 1. The highest BCUT2D eigenvalue weighted by Gasteiger charge is 2.36. The second-order valence-corrected chi connectivity index (χ2v) is 7.98. The molecule has 0 aliphatic carbocycles. The molecular weight excluding hydrogens is 410 g/mol. The van der Waals surface area contributed by atoms with E-state index in [9.17, 15) is 9.59 Å². The van der Waals surface area contributed by atoms with Gasteiger partial charge in [0, 0.05) is 42.0 Å². The Morgan fingerprint density at radius 1 is 1.00 bits per heavy atom. The third-order valence-electron chi connectivity index (χ3n) is 6.19. The zero-order valence-corrected chi connectivity index (χ0v) is 18.0. The number of hydrogen-bond donors (Lipinski definition) is 2. The number of benzene rings is 3. The number of carbonyl (C=O) groups is 2. The first-order valence-electron chi connectivity index (χ1n) is 10.2. The minimum absolute atomic E-state index is 0. The molecule has 2 heterocycles. The fraction of sp³-hybridized carbons (Fsp3) is 0.200. The Morgan fingerprint density at radius 2 is 1.71 bits per heavy atom. The van der Waals surface area contributed by atoms with Crippen molar-refractivity contribution in [2.45, 2.75) is 24.8 Å². The van der Waals surface area contributed by atoms with Crippen LogP contribution in [-0.4, -0.2) is 24.8 Å². The molecule has 0 radical (unpaired) electrons. The summed E-state index contributed by atoms with van der Waals surface area (Å²) in [6.45, 7) is 0. The van der Waals surface area contributed by atoms with E-state index in [2.05, 4.69) is 28.4 Å². The van der Waals surface area contributed by atoms with Crippen LogP contribution in [0.5, 0.6) is 0 Å². The van der Waals surface area contributed by atoms with Crippen LogP contribution in [0.2, 0.25) is 0 Å². The SMILES string of the molecule is CN1c2ccccc2C(c2ccc(N)cc2)c2c(C(=O)[C@@H]3CCC(=O)N3)cccc21.Cl. The summed E-state index contributed by atoms with van der Waals surface area (Å²) in [5.41, 5.74) is 12.6. The van der Waals surface area contributed by atoms with Crippen LogP contribution in [0.3, 0.4) is 0 Å². The number of Topliss-reactive ketones (excluding diaryl/α,β-unsaturated/α-hetero) is 1. The summed E-state index contributed by atoms with van der Waals surface area (Å²) in [5, 5.41) is 2.83. The lowest BCUT2D eigenvalue weighted by Gasteiger charge is -2.37. The predicted octanol–water partition coefficient (Wildman–Crippen LogP) is 4.41. The number of amides is 1. The Hall–Kier alpha value is -3.31. The number of ketones is 1. The largest absolute Gasteiger partial charge is 0.399 e. The molecule has 2 aliphatic heterocycles. The topological polar surface area (TPSA) is 75.4 Å². The molecule has 158 valence electrons. The number of nitrogens with one attached hydrogen (secondary N) is 1. The van der Waals surface area contributed by atoms with E-state index in [0.717, 1.165) is 28.1 Å². The molecule has 6 heteroatoms. The van der Waals surface area contributed by atoms with E-state index < -0.39 is 6.04 Å². The lowest BCUT2D eigenvalue weighted by Crippen LogP contribution is -2.34. The highest BCUT2D eigenvalue weighted by atomic mass is 35.5. The van der Waals surface area contributed by atoms with Crippen molar-refractivity contribution in [3.63, 3.8) is 0 Å². The molecule has 1 amide bonds. The quantitative estimate of drug-likeness (QED) is 0.473. The minimum atomic E-state index is -0.460. The molecule has 1 fully saturated rings. The fourth-order valence-electron chi connectivity index (χ4n) is 4.72. The van der Waals surface area contributed by atoms with Gasteiger partial charge in [-0.3, -0.25) is 9.59 Å². The Kier molecular flexibility index (Phi) is 5.46. The second-order valence-electron chi connectivity index (χ2n) is 7.98. The van der Waals surface area contributed by atoms with Crippen LogP contribution in [0.15, 0.2) is 66.7 Å². The first-order chi connectivity index (χ1) is 14.5. The molecule has 0 saturated carbocycles. The summed E-state index contributed by atoms with van der Waals surface area (Å²) in [6, 6.07) is 21.6. The van der Waals surface area contributed by atoms with Crippen LogP contribution in [0.1, 0.15) is 45.8 Å². The number of nitrogens with two attached hydrogens (primary N) is 1. The van der Waals surface area contributed by atoms with Gasteiger partial charge < -0.3 is 16.0 Å². The van der Waals surface area contributed by atoms with Crippen LogP contribution in [-0.2, 0) is 4.79 Å². The number of hydrogen-bond acceptors (Lipinski definition) is 4. The number of anilines is 3. The van der Waals surface area contributed by atoms with Crippen LogP contribution in [0.4, 0.5) is 17.1 Å². The van der Waals surface area contributed by atoms with Crippen molar-refractivity contribution in [3.05, 3.63) is 89.0 Å². The Bertz CT molecular complexity index is 1160. The summed E-state index contributed by atoms with van der Waals surface area (Å²) in [6.07, 6.45) is 0.940. The van der Waals surface area contributed by atoms with Crippen molar-refractivity contribution in [2.24, 2.45) is 0 Å². The summed E-state index contributed by atoms with van der Waals surface area (Å²) in [7, 11) is 2.03. The molecule has 5 nitrogen and oxygen atoms in total. The molecule has 3 N–H and O–H groups in total. The van der Waals surface area contributed by atoms with Crippen molar-refractivity contribution in [1.29, 1.82) is 0 Å². The number of para-hydroxylation sites is 1. The first-order valence-corrected chi connectivity index (χ1v) is 10.2. The van der Waals surface area contributed by atoms with E-state index >= 15 is 0 Å². The van der Waals surface area contributed by atoms with E-state index in [1.165, 1.54) is 0 Å². The molecule has 1 unspecified atom stereocenters. The molecule has 0 spiro atoms. The van der Waals surface area contributed by atoms with Gasteiger partial charge in [-0.2, -0.15) is 0 Å². The van der Waals surface area contributed by atoms with Crippen molar-refractivity contribution >= 4 is 41.2 Å². The van der Waals surface area contributed by atoms with E-state index in [-0.39, 0.29) is 30.0 Å². The summed E-state index contributed by atoms with van der Waals surface area (Å²) in [5.74, 6) is -0.174. The predicted molar refractivity (Wildman–Crippen MR) is 125 cm³/mol. The van der Waals surface area contributed by atoms with Gasteiger partial charge in [0.2, 0.25) is 5.91 Å². The monoisotopic (exact) mass is 433 g/mol. The Balaban J connectivity index is 0.00000231. The molecule has 0 bridgehead atoms. The van der Waals surface area contributed by atoms with Crippen molar-refractivity contribution < 1.29 is 9.59 Å². The maximum Gasteiger partial charge on any atom is 0.220 e. The van der Waals surface area contributed by atoms with Gasteiger partial charge in [-0.1, -0.05) is 42.5 Å². The highest BCUT2D eigenvalue weighted by Crippen LogP contribution is 2.49. The molecule has 31 heavy (non-hydrogen) atoms. The lowest BCUT2D eigenvalue weighted by molar-refractivity contribution is -0.119. The van der Waals surface area contributed by atoms with Gasteiger partial charge in [0.1, 0.15) is 0 Å². The van der Waals surface area contributed by atoms with Crippen LogP contribution in [0.25, 0.3) is 0 Å². The number of carbonyl (C=O) groups excluding carboxylic acids is 2. The zero-order chi connectivity index (χ0) is 20.8. The average molecular weight is 434 g/mol. The molecule has 5 rings (SSSR count). The number of nitrogens with zero attached hydrogens (tertiary/aromatic N) is 1. The third-order valence-corrected chi connectivity index (χ3v) is 6.19. The van der Waals surface area contributed by atoms with E-state index in [4.69, 9.17) is 5.73 Å². The van der Waals surface area contributed by atoms with Gasteiger partial charge >= 0.3 is 0 Å². The van der Waals surface area contributed by atoms with E-state index in [1.807, 2.05) is 55.6 Å². The van der Waals surface area contributed by atoms with Gasteiger partial charge in [-0.15, -0.1) is 12.4 Å². The normalized spacial score (nSPS) is 19.1. The summed E-state index contributed by atoms with van der Waals surface area (Å²) < 4.78 is 0. The van der Waals surface area contributed by atoms with E-state index in [0.29, 0.717) is 24.1 Å². The average Bonchev–Trinajstić information content (AvgIpc) is 3.21. The van der Waals surface area contributed by atoms with Gasteiger partial charge in [0.15, 0.2) is 5.78 Å². The molecule has 2 aliphatic rings. The smallest absolute Gasteiger partial charge is 0.220 e. The summed E-state index contributed by atoms with van der Waals surface area (Å²) in [4.78, 5) is 27.3. The molecule has 3 aromatic rings. The zero-order valence-electron chi connectivity index (χ0n) is 17.2. The Morgan fingerprint density at radius 3 is 2.42 bits per heavy atom. The number of nitrogen functional groups attached to an aromatic ring is 1.